The van der Waals surface area contributed by atoms with Crippen LogP contribution in [0.15, 0.2) is 24.5 Å². The molecule has 0 atom stereocenters. The Labute approximate surface area is 172 Å². The number of thiazole rings is 1. The summed E-state index contributed by atoms with van der Waals surface area (Å²) in [5.41, 5.74) is 8.94. The fourth-order valence-corrected chi connectivity index (χ4v) is 4.24. The second-order valence-electron chi connectivity index (χ2n) is 6.70. The third kappa shape index (κ3) is 3.88. The molecule has 1 fully saturated rings. The number of benzene rings is 1. The molecule has 0 aliphatic carbocycles. The number of nitrogen functional groups attached to an aromatic ring is 1. The van der Waals surface area contributed by atoms with Gasteiger partial charge < -0.3 is 25.6 Å². The first-order valence-corrected chi connectivity index (χ1v) is 10.3. The van der Waals surface area contributed by atoms with Gasteiger partial charge in [0.15, 0.2) is 16.8 Å². The summed E-state index contributed by atoms with van der Waals surface area (Å²) in [6, 6.07) is 6.11. The van der Waals surface area contributed by atoms with Gasteiger partial charge >= 0.3 is 6.09 Å². The highest BCUT2D eigenvalue weighted by Crippen LogP contribution is 2.33. The fraction of sp³-hybridized carbons (Fsp3) is 0.368. The molecule has 4 rings (SSSR count). The number of aromatic nitrogens is 3. The number of hydrogen-bond donors (Lipinski definition) is 2. The topological polar surface area (TPSA) is 110 Å². The molecule has 29 heavy (non-hydrogen) atoms. The number of aryl methyl sites for hydroxylation is 1. The van der Waals surface area contributed by atoms with Crippen molar-refractivity contribution >= 4 is 50.1 Å². The van der Waals surface area contributed by atoms with Gasteiger partial charge in [-0.3, -0.25) is 0 Å². The van der Waals surface area contributed by atoms with E-state index in [1.807, 2.05) is 25.1 Å². The van der Waals surface area contributed by atoms with Crippen LogP contribution in [-0.4, -0.2) is 58.7 Å². The molecule has 3 N–H and O–H groups in total. The van der Waals surface area contributed by atoms with Crippen molar-refractivity contribution in [3.05, 3.63) is 30.1 Å². The lowest BCUT2D eigenvalue weighted by atomic mass is 10.2. The van der Waals surface area contributed by atoms with Crippen LogP contribution in [0.5, 0.6) is 0 Å². The number of amides is 1. The molecule has 0 spiro atoms. The maximum atomic E-state index is 11.9. The van der Waals surface area contributed by atoms with Crippen LogP contribution in [0.4, 0.5) is 27.2 Å². The standard InChI is InChI=1S/C19H23N7O2S/c1-3-28-19(27)26-9-7-25(8-10-26)17-14(20)16(21-11-22-17)24-18-23-15-12(2)5-4-6-13(15)29-18/h4-6,11H,3,7-10,20H2,1-2H3,(H,21,22,23,24). The predicted molar refractivity (Wildman–Crippen MR) is 115 cm³/mol. The first kappa shape index (κ1) is 19.2. The first-order valence-electron chi connectivity index (χ1n) is 9.47. The van der Waals surface area contributed by atoms with Gasteiger partial charge in [0.25, 0.3) is 0 Å². The number of carbonyl (C=O) groups excluding carboxylic acids is 1. The molecule has 3 aromatic rings. The van der Waals surface area contributed by atoms with E-state index in [9.17, 15) is 4.79 Å². The summed E-state index contributed by atoms with van der Waals surface area (Å²) in [5, 5.41) is 3.97. The van der Waals surface area contributed by atoms with E-state index in [-0.39, 0.29) is 6.09 Å². The van der Waals surface area contributed by atoms with Gasteiger partial charge in [-0.2, -0.15) is 0 Å². The first-order chi connectivity index (χ1) is 14.1. The third-order valence-electron chi connectivity index (χ3n) is 4.81. The largest absolute Gasteiger partial charge is 0.450 e. The van der Waals surface area contributed by atoms with Crippen LogP contribution in [-0.2, 0) is 4.74 Å². The smallest absolute Gasteiger partial charge is 0.409 e. The lowest BCUT2D eigenvalue weighted by molar-refractivity contribution is 0.105. The minimum absolute atomic E-state index is 0.281. The van der Waals surface area contributed by atoms with E-state index in [1.165, 1.54) is 6.33 Å². The van der Waals surface area contributed by atoms with Gasteiger partial charge in [-0.25, -0.2) is 19.7 Å². The second kappa shape index (κ2) is 8.08. The zero-order valence-electron chi connectivity index (χ0n) is 16.4. The maximum Gasteiger partial charge on any atom is 0.409 e. The van der Waals surface area contributed by atoms with Gasteiger partial charge in [-0.1, -0.05) is 23.5 Å². The Morgan fingerprint density at radius 3 is 2.79 bits per heavy atom. The summed E-state index contributed by atoms with van der Waals surface area (Å²) in [6.07, 6.45) is 1.21. The number of carbonyl (C=O) groups is 1. The van der Waals surface area contributed by atoms with Crippen LogP contribution in [0.25, 0.3) is 10.2 Å². The van der Waals surface area contributed by atoms with Crippen LogP contribution >= 0.6 is 11.3 Å². The van der Waals surface area contributed by atoms with E-state index < -0.39 is 0 Å². The number of para-hydroxylation sites is 1. The fourth-order valence-electron chi connectivity index (χ4n) is 3.29. The van der Waals surface area contributed by atoms with E-state index >= 15 is 0 Å². The number of anilines is 4. The van der Waals surface area contributed by atoms with Crippen LogP contribution in [0.2, 0.25) is 0 Å². The molecule has 0 radical (unpaired) electrons. The van der Waals surface area contributed by atoms with Crippen molar-refractivity contribution in [1.82, 2.24) is 19.9 Å². The van der Waals surface area contributed by atoms with Crippen molar-refractivity contribution in [2.75, 3.05) is 48.7 Å². The number of hydrogen-bond acceptors (Lipinski definition) is 9. The highest BCUT2D eigenvalue weighted by molar-refractivity contribution is 7.22. The zero-order chi connectivity index (χ0) is 20.4. The minimum atomic E-state index is -0.281. The Kier molecular flexibility index (Phi) is 5.34. The molecule has 0 unspecified atom stereocenters. The number of nitrogens with zero attached hydrogens (tertiary/aromatic N) is 5. The van der Waals surface area contributed by atoms with E-state index in [0.29, 0.717) is 50.1 Å². The second-order valence-corrected chi connectivity index (χ2v) is 7.73. The lowest BCUT2D eigenvalue weighted by Crippen LogP contribution is -2.49. The summed E-state index contributed by atoms with van der Waals surface area (Å²) in [6.45, 7) is 6.58. The number of nitrogens with one attached hydrogen (secondary N) is 1. The number of ether oxygens (including phenoxy) is 1. The van der Waals surface area contributed by atoms with Gasteiger partial charge in [-0.15, -0.1) is 0 Å². The summed E-state index contributed by atoms with van der Waals surface area (Å²) in [5.74, 6) is 1.18. The Bertz CT molecular complexity index is 1030. The number of fused-ring (bicyclic) bond motifs is 1. The number of rotatable bonds is 4. The molecule has 1 aromatic carbocycles. The highest BCUT2D eigenvalue weighted by atomic mass is 32.1. The molecule has 2 aromatic heterocycles. The van der Waals surface area contributed by atoms with Crippen molar-refractivity contribution in [3.63, 3.8) is 0 Å². The summed E-state index contributed by atoms with van der Waals surface area (Å²) < 4.78 is 6.17. The summed E-state index contributed by atoms with van der Waals surface area (Å²) >= 11 is 1.55. The highest BCUT2D eigenvalue weighted by Gasteiger charge is 2.25. The maximum absolute atomic E-state index is 11.9. The Morgan fingerprint density at radius 2 is 2.07 bits per heavy atom. The van der Waals surface area contributed by atoms with Gasteiger partial charge in [0.2, 0.25) is 0 Å². The lowest BCUT2D eigenvalue weighted by Gasteiger charge is -2.35. The van der Waals surface area contributed by atoms with Gasteiger partial charge in [-0.05, 0) is 25.5 Å². The molecule has 1 aliphatic heterocycles. The molecular weight excluding hydrogens is 390 g/mol. The monoisotopic (exact) mass is 413 g/mol. The molecule has 1 aliphatic rings. The number of nitrogens with two attached hydrogens (primary N) is 1. The van der Waals surface area contributed by atoms with Crippen molar-refractivity contribution in [2.45, 2.75) is 13.8 Å². The van der Waals surface area contributed by atoms with Crippen LogP contribution in [0.3, 0.4) is 0 Å². The van der Waals surface area contributed by atoms with Crippen LogP contribution in [0, 0.1) is 6.92 Å². The molecule has 1 amide bonds. The van der Waals surface area contributed by atoms with Gasteiger partial charge in [0.05, 0.1) is 16.8 Å². The van der Waals surface area contributed by atoms with E-state index in [4.69, 9.17) is 10.5 Å². The van der Waals surface area contributed by atoms with E-state index in [0.717, 1.165) is 20.9 Å². The number of piperazine rings is 1. The molecule has 10 heteroatoms. The van der Waals surface area contributed by atoms with Crippen molar-refractivity contribution in [1.29, 1.82) is 0 Å². The van der Waals surface area contributed by atoms with Crippen molar-refractivity contribution in [3.8, 4) is 0 Å². The summed E-state index contributed by atoms with van der Waals surface area (Å²) in [4.78, 5) is 29.0. The molecule has 9 nitrogen and oxygen atoms in total. The SMILES string of the molecule is CCOC(=O)N1CCN(c2ncnc(Nc3nc4c(C)cccc4s3)c2N)CC1. The van der Waals surface area contributed by atoms with Crippen molar-refractivity contribution < 1.29 is 9.53 Å². The predicted octanol–water partition coefficient (Wildman–Crippen LogP) is 3.00. The molecule has 3 heterocycles. The van der Waals surface area contributed by atoms with Gasteiger partial charge in [0.1, 0.15) is 12.0 Å². The summed E-state index contributed by atoms with van der Waals surface area (Å²) in [7, 11) is 0. The molecular formula is C19H23N7O2S. The Hall–Kier alpha value is -3.14. The van der Waals surface area contributed by atoms with Gasteiger partial charge in [0, 0.05) is 26.2 Å². The zero-order valence-corrected chi connectivity index (χ0v) is 17.2. The Morgan fingerprint density at radius 1 is 1.28 bits per heavy atom. The molecule has 1 saturated heterocycles. The Balaban J connectivity index is 1.50. The molecule has 0 bridgehead atoms. The molecule has 0 saturated carbocycles. The van der Waals surface area contributed by atoms with E-state index in [2.05, 4.69) is 25.2 Å². The normalized spacial score (nSPS) is 14.3. The van der Waals surface area contributed by atoms with Crippen molar-refractivity contribution in [2.24, 2.45) is 0 Å². The average Bonchev–Trinajstić information content (AvgIpc) is 3.14. The molecule has 152 valence electrons. The van der Waals surface area contributed by atoms with E-state index in [1.54, 1.807) is 23.2 Å². The van der Waals surface area contributed by atoms with Crippen LogP contribution in [0.1, 0.15) is 12.5 Å². The minimum Gasteiger partial charge on any atom is -0.450 e. The quantitative estimate of drug-likeness (QED) is 0.672. The van der Waals surface area contributed by atoms with Crippen LogP contribution < -0.4 is 16.0 Å². The third-order valence-corrected chi connectivity index (χ3v) is 5.75. The average molecular weight is 414 g/mol.